The molecular formula is C23H14Cl4N2O2S. The standard InChI is InChI=1S/C23H14Cl4N2O2S/c1-12-2-5-14(10-18(12)26)28-20-21(32-16-7-3-13(24)4-8-16)23(31)29(22(20)30)15-6-9-17(25)19(27)11-15/h2-11,28H,1H3. The van der Waals surface area contributed by atoms with E-state index in [9.17, 15) is 9.59 Å². The Balaban J connectivity index is 1.76. The number of amides is 2. The summed E-state index contributed by atoms with van der Waals surface area (Å²) >= 11 is 25.5. The van der Waals surface area contributed by atoms with Gasteiger partial charge in [-0.15, -0.1) is 0 Å². The van der Waals surface area contributed by atoms with E-state index in [-0.39, 0.29) is 15.6 Å². The third-order valence-electron chi connectivity index (χ3n) is 4.68. The number of benzene rings is 3. The van der Waals surface area contributed by atoms with E-state index in [0.29, 0.717) is 26.4 Å². The van der Waals surface area contributed by atoms with Crippen LogP contribution in [-0.4, -0.2) is 11.8 Å². The van der Waals surface area contributed by atoms with Crippen LogP contribution in [0.4, 0.5) is 11.4 Å². The van der Waals surface area contributed by atoms with E-state index >= 15 is 0 Å². The highest BCUT2D eigenvalue weighted by Gasteiger charge is 2.40. The molecule has 0 aliphatic carbocycles. The van der Waals surface area contributed by atoms with Crippen LogP contribution in [0.2, 0.25) is 20.1 Å². The minimum absolute atomic E-state index is 0.140. The van der Waals surface area contributed by atoms with Crippen molar-refractivity contribution in [2.75, 3.05) is 10.2 Å². The Hall–Kier alpha value is -2.15. The largest absolute Gasteiger partial charge is 0.350 e. The van der Waals surface area contributed by atoms with Crippen LogP contribution in [0, 0.1) is 6.92 Å². The van der Waals surface area contributed by atoms with Crippen LogP contribution in [0.15, 0.2) is 76.2 Å². The number of imide groups is 1. The predicted molar refractivity (Wildman–Crippen MR) is 133 cm³/mol. The number of nitrogens with zero attached hydrogens (tertiary/aromatic N) is 1. The van der Waals surface area contributed by atoms with Crippen LogP contribution in [0.3, 0.4) is 0 Å². The van der Waals surface area contributed by atoms with Crippen molar-refractivity contribution >= 4 is 81.4 Å². The zero-order valence-electron chi connectivity index (χ0n) is 16.5. The van der Waals surface area contributed by atoms with Gasteiger partial charge in [0.1, 0.15) is 10.6 Å². The lowest BCUT2D eigenvalue weighted by atomic mass is 10.2. The number of anilines is 2. The molecule has 0 radical (unpaired) electrons. The molecule has 1 N–H and O–H groups in total. The minimum Gasteiger partial charge on any atom is -0.350 e. The van der Waals surface area contributed by atoms with Gasteiger partial charge in [0, 0.05) is 20.6 Å². The number of rotatable bonds is 5. The summed E-state index contributed by atoms with van der Waals surface area (Å²) in [7, 11) is 0. The van der Waals surface area contributed by atoms with Crippen molar-refractivity contribution in [3.05, 3.63) is 96.9 Å². The summed E-state index contributed by atoms with van der Waals surface area (Å²) < 4.78 is 0. The highest BCUT2D eigenvalue weighted by Crippen LogP contribution is 2.39. The van der Waals surface area contributed by atoms with Gasteiger partial charge in [0.25, 0.3) is 11.8 Å². The first-order valence-corrected chi connectivity index (χ1v) is 11.6. The molecule has 9 heteroatoms. The summed E-state index contributed by atoms with van der Waals surface area (Å²) in [6.07, 6.45) is 0. The van der Waals surface area contributed by atoms with Crippen LogP contribution in [0.1, 0.15) is 5.56 Å². The summed E-state index contributed by atoms with van der Waals surface area (Å²) in [5.41, 5.74) is 1.94. The normalized spacial score (nSPS) is 13.8. The molecule has 162 valence electrons. The molecule has 0 spiro atoms. The number of hydrogen-bond donors (Lipinski definition) is 1. The zero-order valence-corrected chi connectivity index (χ0v) is 20.3. The van der Waals surface area contributed by atoms with Gasteiger partial charge in [-0.2, -0.15) is 0 Å². The maximum Gasteiger partial charge on any atom is 0.283 e. The Morgan fingerprint density at radius 2 is 1.50 bits per heavy atom. The molecule has 0 saturated heterocycles. The monoisotopic (exact) mass is 522 g/mol. The second-order valence-corrected chi connectivity index (χ2v) is 9.64. The van der Waals surface area contributed by atoms with Gasteiger partial charge in [0.2, 0.25) is 0 Å². The molecule has 1 heterocycles. The molecule has 0 atom stereocenters. The molecule has 0 unspecified atom stereocenters. The van der Waals surface area contributed by atoms with Crippen LogP contribution in [-0.2, 0) is 9.59 Å². The highest BCUT2D eigenvalue weighted by atomic mass is 35.5. The Morgan fingerprint density at radius 1 is 0.781 bits per heavy atom. The van der Waals surface area contributed by atoms with E-state index in [1.807, 2.05) is 13.0 Å². The number of carbonyl (C=O) groups is 2. The third-order valence-corrected chi connectivity index (χ3v) is 7.17. The Kier molecular flexibility index (Phi) is 6.75. The minimum atomic E-state index is -0.512. The van der Waals surface area contributed by atoms with Crippen LogP contribution < -0.4 is 10.2 Å². The van der Waals surface area contributed by atoms with Gasteiger partial charge in [-0.3, -0.25) is 9.59 Å². The van der Waals surface area contributed by atoms with Crippen molar-refractivity contribution in [1.29, 1.82) is 0 Å². The number of aryl methyl sites for hydroxylation is 1. The number of carbonyl (C=O) groups excluding carboxylic acids is 2. The van der Waals surface area contributed by atoms with E-state index < -0.39 is 11.8 Å². The smallest absolute Gasteiger partial charge is 0.283 e. The van der Waals surface area contributed by atoms with Gasteiger partial charge in [0.15, 0.2) is 0 Å². The Bertz CT molecular complexity index is 1280. The van der Waals surface area contributed by atoms with Gasteiger partial charge < -0.3 is 5.32 Å². The molecule has 0 saturated carbocycles. The summed E-state index contributed by atoms with van der Waals surface area (Å²) in [5.74, 6) is -0.990. The Morgan fingerprint density at radius 3 is 2.16 bits per heavy atom. The number of halogens is 4. The molecule has 2 amide bonds. The molecule has 3 aromatic carbocycles. The lowest BCUT2D eigenvalue weighted by molar-refractivity contribution is -0.120. The van der Waals surface area contributed by atoms with Crippen LogP contribution in [0.5, 0.6) is 0 Å². The van der Waals surface area contributed by atoms with Crippen LogP contribution in [0.25, 0.3) is 0 Å². The second-order valence-electron chi connectivity index (χ2n) is 6.89. The number of nitrogens with one attached hydrogen (secondary N) is 1. The summed E-state index contributed by atoms with van der Waals surface area (Å²) in [6.45, 7) is 1.88. The summed E-state index contributed by atoms with van der Waals surface area (Å²) in [4.78, 5) is 28.8. The average Bonchev–Trinajstić information content (AvgIpc) is 2.98. The van der Waals surface area contributed by atoms with Crippen molar-refractivity contribution in [3.8, 4) is 0 Å². The molecule has 0 fully saturated rings. The molecule has 4 nitrogen and oxygen atoms in total. The topological polar surface area (TPSA) is 49.4 Å². The second kappa shape index (κ2) is 9.38. The third kappa shape index (κ3) is 4.63. The lowest BCUT2D eigenvalue weighted by Gasteiger charge is -2.16. The SMILES string of the molecule is Cc1ccc(NC2=C(Sc3ccc(Cl)cc3)C(=O)N(c3ccc(Cl)c(Cl)c3)C2=O)cc1Cl. The molecule has 1 aliphatic heterocycles. The molecular weight excluding hydrogens is 510 g/mol. The highest BCUT2D eigenvalue weighted by molar-refractivity contribution is 8.04. The first-order chi connectivity index (χ1) is 15.2. The van der Waals surface area contributed by atoms with E-state index in [1.165, 1.54) is 23.9 Å². The molecule has 1 aliphatic rings. The van der Waals surface area contributed by atoms with Crippen molar-refractivity contribution < 1.29 is 9.59 Å². The first-order valence-electron chi connectivity index (χ1n) is 9.29. The van der Waals surface area contributed by atoms with Crippen molar-refractivity contribution in [1.82, 2.24) is 0 Å². The van der Waals surface area contributed by atoms with E-state index in [1.54, 1.807) is 42.5 Å². The summed E-state index contributed by atoms with van der Waals surface area (Å²) in [6, 6.07) is 16.9. The lowest BCUT2D eigenvalue weighted by Crippen LogP contribution is -2.32. The van der Waals surface area contributed by atoms with E-state index in [2.05, 4.69) is 5.32 Å². The van der Waals surface area contributed by atoms with Crippen LogP contribution >= 0.6 is 58.2 Å². The quantitative estimate of drug-likeness (QED) is 0.350. The molecule has 0 aromatic heterocycles. The van der Waals surface area contributed by atoms with Crippen molar-refractivity contribution in [2.24, 2.45) is 0 Å². The maximum atomic E-state index is 13.4. The first kappa shape index (κ1) is 23.0. The zero-order chi connectivity index (χ0) is 23.0. The van der Waals surface area contributed by atoms with Gasteiger partial charge in [0.05, 0.1) is 15.7 Å². The fraction of sp³-hybridized carbons (Fsp3) is 0.0435. The molecule has 0 bridgehead atoms. The van der Waals surface area contributed by atoms with Gasteiger partial charge in [-0.1, -0.05) is 64.2 Å². The van der Waals surface area contributed by atoms with E-state index in [0.717, 1.165) is 15.4 Å². The van der Waals surface area contributed by atoms with E-state index in [4.69, 9.17) is 46.4 Å². The Labute approximate surface area is 209 Å². The molecule has 4 rings (SSSR count). The predicted octanol–water partition coefficient (Wildman–Crippen LogP) is 7.60. The average molecular weight is 524 g/mol. The fourth-order valence-corrected chi connectivity index (χ4v) is 4.53. The van der Waals surface area contributed by atoms with Gasteiger partial charge >= 0.3 is 0 Å². The molecule has 32 heavy (non-hydrogen) atoms. The number of thioether (sulfide) groups is 1. The van der Waals surface area contributed by atoms with Crippen molar-refractivity contribution in [3.63, 3.8) is 0 Å². The molecule has 3 aromatic rings. The fourth-order valence-electron chi connectivity index (χ4n) is 3.01. The van der Waals surface area contributed by atoms with Gasteiger partial charge in [-0.25, -0.2) is 4.90 Å². The number of hydrogen-bond acceptors (Lipinski definition) is 4. The summed E-state index contributed by atoms with van der Waals surface area (Å²) in [5, 5.41) is 4.75. The van der Waals surface area contributed by atoms with Crippen molar-refractivity contribution in [2.45, 2.75) is 11.8 Å². The maximum absolute atomic E-state index is 13.4. The van der Waals surface area contributed by atoms with Gasteiger partial charge in [-0.05, 0) is 67.1 Å².